The highest BCUT2D eigenvalue weighted by Crippen LogP contribution is 2.22. The Balaban J connectivity index is 1.42. The minimum atomic E-state index is -1.17. The normalized spacial score (nSPS) is 18.5. The molecule has 0 bridgehead atoms. The van der Waals surface area contributed by atoms with Gasteiger partial charge >= 0.3 is 5.97 Å². The highest BCUT2D eigenvalue weighted by molar-refractivity contribution is 5.86. The van der Waals surface area contributed by atoms with Gasteiger partial charge in [-0.1, -0.05) is 0 Å². The molecule has 2 aromatic rings. The highest BCUT2D eigenvalue weighted by Gasteiger charge is 2.24. The van der Waals surface area contributed by atoms with Crippen molar-refractivity contribution >= 4 is 23.3 Å². The number of carboxylic acids is 1. The van der Waals surface area contributed by atoms with Crippen molar-refractivity contribution < 1.29 is 14.7 Å². The third kappa shape index (κ3) is 6.00. The monoisotopic (exact) mass is 467 g/mol. The average molecular weight is 468 g/mol. The summed E-state index contributed by atoms with van der Waals surface area (Å²) in [5, 5.41) is 12.5. The van der Waals surface area contributed by atoms with Crippen LogP contribution in [0.4, 0.5) is 11.4 Å². The van der Waals surface area contributed by atoms with Crippen molar-refractivity contribution in [2.45, 2.75) is 12.5 Å². The van der Waals surface area contributed by atoms with E-state index in [9.17, 15) is 14.7 Å². The van der Waals surface area contributed by atoms with Gasteiger partial charge in [0.15, 0.2) is 6.04 Å². The molecule has 2 aromatic heterocycles. The Bertz CT molecular complexity index is 1000. The second-order valence-corrected chi connectivity index (χ2v) is 9.12. The molecule has 34 heavy (non-hydrogen) atoms. The van der Waals surface area contributed by atoms with E-state index in [-0.39, 0.29) is 12.3 Å². The SMILES string of the molecule is CN1CCN(c2cncc(CC(=O)NC(C(=O)O)c3cncc(N4CCN(C)CC4)c3)c2)CC1. The van der Waals surface area contributed by atoms with Crippen molar-refractivity contribution in [3.05, 3.63) is 48.0 Å². The predicted molar refractivity (Wildman–Crippen MR) is 130 cm³/mol. The first-order valence-corrected chi connectivity index (χ1v) is 11.7. The van der Waals surface area contributed by atoms with Gasteiger partial charge in [-0.05, 0) is 31.8 Å². The topological polar surface area (TPSA) is 105 Å². The fourth-order valence-electron chi connectivity index (χ4n) is 4.33. The quantitative estimate of drug-likeness (QED) is 0.601. The third-order valence-electron chi connectivity index (χ3n) is 6.51. The second-order valence-electron chi connectivity index (χ2n) is 9.12. The predicted octanol–water partition coefficient (Wildman–Crippen LogP) is 0.465. The van der Waals surface area contributed by atoms with Crippen LogP contribution in [-0.4, -0.2) is 103 Å². The molecule has 2 aliphatic heterocycles. The molecular weight excluding hydrogens is 434 g/mol. The summed E-state index contributed by atoms with van der Waals surface area (Å²) in [6, 6.07) is 2.61. The largest absolute Gasteiger partial charge is 0.479 e. The first kappa shape index (κ1) is 23.9. The second kappa shape index (κ2) is 10.8. The van der Waals surface area contributed by atoms with E-state index in [0.717, 1.165) is 69.3 Å². The third-order valence-corrected chi connectivity index (χ3v) is 6.51. The Morgan fingerprint density at radius 3 is 1.94 bits per heavy atom. The average Bonchev–Trinajstić information content (AvgIpc) is 2.83. The lowest BCUT2D eigenvalue weighted by Gasteiger charge is -2.34. The first-order valence-electron chi connectivity index (χ1n) is 11.7. The number of hydrogen-bond acceptors (Lipinski definition) is 8. The lowest BCUT2D eigenvalue weighted by atomic mass is 10.1. The molecule has 2 N–H and O–H groups in total. The van der Waals surface area contributed by atoms with Gasteiger partial charge in [0.1, 0.15) is 0 Å². The molecule has 4 heterocycles. The van der Waals surface area contributed by atoms with Gasteiger partial charge in [0.25, 0.3) is 0 Å². The van der Waals surface area contributed by atoms with Gasteiger partial charge in [0.2, 0.25) is 5.91 Å². The summed E-state index contributed by atoms with van der Waals surface area (Å²) in [4.78, 5) is 42.3. The number of carbonyl (C=O) groups excluding carboxylic acids is 1. The van der Waals surface area contributed by atoms with E-state index in [1.165, 1.54) is 6.20 Å². The lowest BCUT2D eigenvalue weighted by Crippen LogP contribution is -2.44. The smallest absolute Gasteiger partial charge is 0.330 e. The number of anilines is 2. The zero-order valence-electron chi connectivity index (χ0n) is 19.9. The van der Waals surface area contributed by atoms with Gasteiger partial charge in [0.05, 0.1) is 30.2 Å². The molecule has 1 atom stereocenters. The number of nitrogens with one attached hydrogen (secondary N) is 1. The summed E-state index contributed by atoms with van der Waals surface area (Å²) < 4.78 is 0. The maximum Gasteiger partial charge on any atom is 0.330 e. The van der Waals surface area contributed by atoms with Gasteiger partial charge in [-0.3, -0.25) is 14.8 Å². The lowest BCUT2D eigenvalue weighted by molar-refractivity contribution is -0.142. The minimum Gasteiger partial charge on any atom is -0.479 e. The van der Waals surface area contributed by atoms with Crippen LogP contribution >= 0.6 is 0 Å². The van der Waals surface area contributed by atoms with Gasteiger partial charge in [-0.25, -0.2) is 4.79 Å². The van der Waals surface area contributed by atoms with Crippen molar-refractivity contribution in [3.8, 4) is 0 Å². The summed E-state index contributed by atoms with van der Waals surface area (Å²) >= 11 is 0. The Morgan fingerprint density at radius 2 is 1.38 bits per heavy atom. The molecule has 1 unspecified atom stereocenters. The summed E-state index contributed by atoms with van der Waals surface area (Å²) in [5.74, 6) is -1.48. The molecular formula is C24H33N7O3. The van der Waals surface area contributed by atoms with Crippen LogP contribution in [0.2, 0.25) is 0 Å². The summed E-state index contributed by atoms with van der Waals surface area (Å²) in [7, 11) is 4.18. The van der Waals surface area contributed by atoms with E-state index in [0.29, 0.717) is 5.56 Å². The number of carbonyl (C=O) groups is 2. The number of aliphatic carboxylic acids is 1. The van der Waals surface area contributed by atoms with Crippen molar-refractivity contribution in [1.82, 2.24) is 25.1 Å². The zero-order valence-corrected chi connectivity index (χ0v) is 19.9. The van der Waals surface area contributed by atoms with E-state index < -0.39 is 12.0 Å². The minimum absolute atomic E-state index is 0.0595. The molecule has 1 amide bonds. The number of amides is 1. The maximum absolute atomic E-state index is 12.8. The van der Waals surface area contributed by atoms with Crippen LogP contribution in [0.15, 0.2) is 36.9 Å². The number of carboxylic acid groups (broad SMARTS) is 1. The Hall–Kier alpha value is -3.24. The van der Waals surface area contributed by atoms with Crippen molar-refractivity contribution in [3.63, 3.8) is 0 Å². The van der Waals surface area contributed by atoms with Gasteiger partial charge in [0, 0.05) is 70.3 Å². The van der Waals surface area contributed by atoms with Crippen LogP contribution in [0.3, 0.4) is 0 Å². The number of pyridine rings is 2. The molecule has 0 spiro atoms. The maximum atomic E-state index is 12.8. The number of hydrogen-bond donors (Lipinski definition) is 2. The van der Waals surface area contributed by atoms with E-state index in [1.54, 1.807) is 12.4 Å². The molecule has 4 rings (SSSR count). The molecule has 182 valence electrons. The number of rotatable bonds is 7. The van der Waals surface area contributed by atoms with Crippen molar-refractivity contribution in [2.75, 3.05) is 76.3 Å². The van der Waals surface area contributed by atoms with Crippen molar-refractivity contribution in [2.24, 2.45) is 0 Å². The van der Waals surface area contributed by atoms with E-state index in [1.807, 2.05) is 18.3 Å². The Labute approximate surface area is 200 Å². The molecule has 0 radical (unpaired) electrons. The summed E-state index contributed by atoms with van der Waals surface area (Å²) in [5.41, 5.74) is 3.07. The molecule has 0 aromatic carbocycles. The van der Waals surface area contributed by atoms with Crippen LogP contribution in [0, 0.1) is 0 Å². The molecule has 0 aliphatic carbocycles. The highest BCUT2D eigenvalue weighted by atomic mass is 16.4. The molecule has 10 nitrogen and oxygen atoms in total. The van der Waals surface area contributed by atoms with Crippen LogP contribution < -0.4 is 15.1 Å². The standard InChI is InChI=1S/C24H33N7O3/c1-28-3-7-30(8-4-28)20-11-18(14-25-16-20)12-22(32)27-23(24(33)34)19-13-21(17-26-15-19)31-9-5-29(2)6-10-31/h11,13-17,23H,3-10,12H2,1-2H3,(H,27,32)(H,33,34). The number of likely N-dealkylation sites (N-methyl/N-ethyl adjacent to an activating group) is 2. The van der Waals surface area contributed by atoms with E-state index >= 15 is 0 Å². The van der Waals surface area contributed by atoms with Crippen LogP contribution in [-0.2, 0) is 16.0 Å². The molecule has 2 aliphatic rings. The fraction of sp³-hybridized carbons (Fsp3) is 0.500. The van der Waals surface area contributed by atoms with Crippen LogP contribution in [0.25, 0.3) is 0 Å². The number of nitrogens with zero attached hydrogens (tertiary/aromatic N) is 6. The zero-order chi connectivity index (χ0) is 24.1. The molecule has 0 saturated carbocycles. The molecule has 2 fully saturated rings. The van der Waals surface area contributed by atoms with Gasteiger partial charge in [-0.15, -0.1) is 0 Å². The van der Waals surface area contributed by atoms with E-state index in [4.69, 9.17) is 0 Å². The first-order chi connectivity index (χ1) is 16.4. The molecule has 10 heteroatoms. The van der Waals surface area contributed by atoms with Crippen LogP contribution in [0.1, 0.15) is 17.2 Å². The number of piperazine rings is 2. The van der Waals surface area contributed by atoms with Gasteiger partial charge < -0.3 is 30.0 Å². The van der Waals surface area contributed by atoms with Crippen LogP contribution in [0.5, 0.6) is 0 Å². The molecule has 2 saturated heterocycles. The van der Waals surface area contributed by atoms with E-state index in [2.05, 4.69) is 49.0 Å². The fourth-order valence-corrected chi connectivity index (χ4v) is 4.33. The van der Waals surface area contributed by atoms with Crippen molar-refractivity contribution in [1.29, 1.82) is 0 Å². The summed E-state index contributed by atoms with van der Waals surface area (Å²) in [6.45, 7) is 7.34. The Kier molecular flexibility index (Phi) is 7.59. The summed E-state index contributed by atoms with van der Waals surface area (Å²) in [6.07, 6.45) is 6.77. The number of aromatic nitrogens is 2. The Morgan fingerprint density at radius 1 is 0.853 bits per heavy atom. The van der Waals surface area contributed by atoms with Gasteiger partial charge in [-0.2, -0.15) is 0 Å².